The van der Waals surface area contributed by atoms with Gasteiger partial charge in [0.05, 0.1) is 17.0 Å². The molecule has 0 bridgehead atoms. The number of pyridine rings is 1. The highest BCUT2D eigenvalue weighted by Gasteiger charge is 2.49. The monoisotopic (exact) mass is 420 g/mol. The van der Waals surface area contributed by atoms with Crippen molar-refractivity contribution in [1.29, 1.82) is 0 Å². The summed E-state index contributed by atoms with van der Waals surface area (Å²) in [5.74, 6) is 0.438. The number of anilines is 1. The van der Waals surface area contributed by atoms with Gasteiger partial charge in [-0.1, -0.05) is 26.3 Å². The normalized spacial score (nSPS) is 27.7. The lowest BCUT2D eigenvalue weighted by molar-refractivity contribution is -0.0542. The molecule has 2 aliphatic rings. The van der Waals surface area contributed by atoms with Gasteiger partial charge in [-0.05, 0) is 105 Å². The Hall–Kier alpha value is -2.20. The molecule has 2 N–H and O–H groups in total. The fourth-order valence-corrected chi connectivity index (χ4v) is 6.27. The number of fused-ring (bicyclic) bond motifs is 3. The summed E-state index contributed by atoms with van der Waals surface area (Å²) in [7, 11) is 0. The third-order valence-electron chi connectivity index (χ3n) is 7.95. The van der Waals surface area contributed by atoms with E-state index in [0.717, 1.165) is 69.2 Å². The molecule has 0 unspecified atom stereocenters. The molecule has 1 aromatic carbocycles. The van der Waals surface area contributed by atoms with E-state index in [1.165, 1.54) is 11.1 Å². The van der Waals surface area contributed by atoms with Gasteiger partial charge in [0.25, 0.3) is 5.91 Å². The van der Waals surface area contributed by atoms with Crippen LogP contribution in [0.15, 0.2) is 36.5 Å². The Morgan fingerprint density at radius 1 is 1.26 bits per heavy atom. The topological polar surface area (TPSA) is 62.2 Å². The largest absolute Gasteiger partial charge is 0.390 e. The molecule has 0 saturated heterocycles. The second kappa shape index (κ2) is 8.74. The van der Waals surface area contributed by atoms with E-state index < -0.39 is 5.60 Å². The molecule has 31 heavy (non-hydrogen) atoms. The number of aromatic nitrogens is 1. The van der Waals surface area contributed by atoms with E-state index in [-0.39, 0.29) is 11.3 Å². The average molecular weight is 421 g/mol. The van der Waals surface area contributed by atoms with Crippen molar-refractivity contribution in [2.45, 2.75) is 89.6 Å². The first-order valence-corrected chi connectivity index (χ1v) is 12.0. The van der Waals surface area contributed by atoms with Crippen LogP contribution in [0.1, 0.15) is 92.4 Å². The average Bonchev–Trinajstić information content (AvgIpc) is 2.91. The molecule has 0 aliphatic heterocycles. The van der Waals surface area contributed by atoms with Crippen LogP contribution < -0.4 is 5.32 Å². The van der Waals surface area contributed by atoms with E-state index in [1.807, 2.05) is 25.1 Å². The Kier molecular flexibility index (Phi) is 6.20. The van der Waals surface area contributed by atoms with Crippen LogP contribution in [0.2, 0.25) is 0 Å². The number of nitrogens with one attached hydrogen (secondary N) is 1. The van der Waals surface area contributed by atoms with Crippen molar-refractivity contribution >= 4 is 11.6 Å². The van der Waals surface area contributed by atoms with E-state index >= 15 is 0 Å². The lowest BCUT2D eigenvalue weighted by atomic mass is 9.56. The maximum atomic E-state index is 13.0. The van der Waals surface area contributed by atoms with Crippen LogP contribution in [-0.4, -0.2) is 21.6 Å². The van der Waals surface area contributed by atoms with Gasteiger partial charge in [0, 0.05) is 11.8 Å². The van der Waals surface area contributed by atoms with Crippen LogP contribution in [0, 0.1) is 12.8 Å². The maximum Gasteiger partial charge on any atom is 0.255 e. The molecule has 0 spiro atoms. The van der Waals surface area contributed by atoms with Gasteiger partial charge >= 0.3 is 0 Å². The first-order valence-electron chi connectivity index (χ1n) is 12.0. The molecule has 1 amide bonds. The van der Waals surface area contributed by atoms with Gasteiger partial charge in [0.2, 0.25) is 0 Å². The number of amides is 1. The summed E-state index contributed by atoms with van der Waals surface area (Å²) in [6.45, 7) is 6.38. The maximum absolute atomic E-state index is 13.0. The van der Waals surface area contributed by atoms with Crippen molar-refractivity contribution in [3.8, 4) is 0 Å². The molecule has 1 heterocycles. The minimum atomic E-state index is -0.496. The summed E-state index contributed by atoms with van der Waals surface area (Å²) < 4.78 is 0. The van der Waals surface area contributed by atoms with Crippen LogP contribution in [-0.2, 0) is 11.8 Å². The van der Waals surface area contributed by atoms with Crippen LogP contribution in [0.4, 0.5) is 5.69 Å². The number of nitrogens with zero attached hydrogens (tertiary/aromatic N) is 1. The fraction of sp³-hybridized carbons (Fsp3) is 0.556. The number of hydrogen-bond acceptors (Lipinski definition) is 3. The van der Waals surface area contributed by atoms with Crippen molar-refractivity contribution in [3.05, 3.63) is 58.9 Å². The van der Waals surface area contributed by atoms with Crippen molar-refractivity contribution in [1.82, 2.24) is 4.98 Å². The Morgan fingerprint density at radius 3 is 2.84 bits per heavy atom. The number of carbonyl (C=O) groups excluding carboxylic acids is 1. The molecule has 2 aromatic rings. The first kappa shape index (κ1) is 22.0. The van der Waals surface area contributed by atoms with Crippen LogP contribution in [0.3, 0.4) is 0 Å². The molecular formula is C27H36N2O2. The lowest BCUT2D eigenvalue weighted by Crippen LogP contribution is -2.47. The van der Waals surface area contributed by atoms with E-state index in [4.69, 9.17) is 0 Å². The zero-order valence-electron chi connectivity index (χ0n) is 19.2. The summed E-state index contributed by atoms with van der Waals surface area (Å²) in [6, 6.07) is 10.1. The van der Waals surface area contributed by atoms with Crippen molar-refractivity contribution in [2.24, 2.45) is 5.92 Å². The fourth-order valence-electron chi connectivity index (χ4n) is 6.27. The zero-order valence-corrected chi connectivity index (χ0v) is 19.2. The molecule has 4 rings (SSSR count). The molecule has 0 radical (unpaired) electrons. The van der Waals surface area contributed by atoms with E-state index in [2.05, 4.69) is 36.3 Å². The van der Waals surface area contributed by atoms with Crippen molar-refractivity contribution in [3.63, 3.8) is 0 Å². The molecule has 4 heteroatoms. The second-order valence-corrected chi connectivity index (χ2v) is 9.74. The smallest absolute Gasteiger partial charge is 0.255 e. The van der Waals surface area contributed by atoms with Crippen molar-refractivity contribution in [2.75, 3.05) is 5.32 Å². The number of rotatable bonds is 5. The molecule has 1 fully saturated rings. The van der Waals surface area contributed by atoms with E-state index in [9.17, 15) is 9.90 Å². The molecular weight excluding hydrogens is 384 g/mol. The molecule has 1 saturated carbocycles. The van der Waals surface area contributed by atoms with Gasteiger partial charge in [0.1, 0.15) is 0 Å². The summed E-state index contributed by atoms with van der Waals surface area (Å²) in [5, 5.41) is 14.2. The molecule has 166 valence electrons. The summed E-state index contributed by atoms with van der Waals surface area (Å²) in [6.07, 6.45) is 10.9. The predicted molar refractivity (Wildman–Crippen MR) is 125 cm³/mol. The third-order valence-corrected chi connectivity index (χ3v) is 7.95. The molecule has 2 aliphatic carbocycles. The van der Waals surface area contributed by atoms with Crippen LogP contribution >= 0.6 is 0 Å². The molecule has 1 aromatic heterocycles. The van der Waals surface area contributed by atoms with Gasteiger partial charge in [-0.2, -0.15) is 0 Å². The highest BCUT2D eigenvalue weighted by atomic mass is 16.3. The Morgan fingerprint density at radius 2 is 2.10 bits per heavy atom. The van der Waals surface area contributed by atoms with Gasteiger partial charge in [-0.25, -0.2) is 0 Å². The Bertz CT molecular complexity index is 956. The number of aryl methyl sites for hydroxylation is 2. The highest BCUT2D eigenvalue weighted by molar-refractivity contribution is 6.04. The lowest BCUT2D eigenvalue weighted by Gasteiger charge is -2.50. The van der Waals surface area contributed by atoms with E-state index in [1.54, 1.807) is 6.20 Å². The number of benzene rings is 1. The standard InChI is InChI=1S/C27H36N2O2/c1-4-13-26(31)14-15-27(5-2)22(18-26)9-6-8-20-17-21(11-12-23(20)27)25(30)29-24-10-7-16-28-19(24)3/h7,10-12,16-17,22,31H,4-6,8-9,13-15,18H2,1-3H3,(H,29,30)/t22-,26-,27+/m1/s1. The van der Waals surface area contributed by atoms with Gasteiger partial charge in [-0.3, -0.25) is 9.78 Å². The number of hydrogen-bond donors (Lipinski definition) is 2. The minimum absolute atomic E-state index is 0.0776. The van der Waals surface area contributed by atoms with Crippen LogP contribution in [0.5, 0.6) is 0 Å². The Balaban J connectivity index is 1.63. The highest BCUT2D eigenvalue weighted by Crippen LogP contribution is 2.54. The Labute approximate surface area is 186 Å². The van der Waals surface area contributed by atoms with E-state index in [0.29, 0.717) is 11.5 Å². The number of aliphatic hydroxyl groups is 1. The van der Waals surface area contributed by atoms with Gasteiger partial charge in [-0.15, -0.1) is 0 Å². The van der Waals surface area contributed by atoms with Gasteiger partial charge in [0.15, 0.2) is 0 Å². The van der Waals surface area contributed by atoms with Crippen LogP contribution in [0.25, 0.3) is 0 Å². The van der Waals surface area contributed by atoms with Gasteiger partial charge < -0.3 is 10.4 Å². The first-order chi connectivity index (χ1) is 14.9. The molecule has 3 atom stereocenters. The summed E-state index contributed by atoms with van der Waals surface area (Å²) in [5.41, 5.74) is 4.66. The molecule has 4 nitrogen and oxygen atoms in total. The third kappa shape index (κ3) is 4.15. The quantitative estimate of drug-likeness (QED) is 0.627. The predicted octanol–water partition coefficient (Wildman–Crippen LogP) is 5.96. The van der Waals surface area contributed by atoms with Crippen molar-refractivity contribution < 1.29 is 9.90 Å². The summed E-state index contributed by atoms with van der Waals surface area (Å²) >= 11 is 0. The summed E-state index contributed by atoms with van der Waals surface area (Å²) in [4.78, 5) is 17.2. The zero-order chi connectivity index (χ0) is 22.1. The SMILES string of the molecule is CCC[C@@]1(O)CC[C@]2(CC)c3ccc(C(=O)Nc4cccnc4C)cc3CCC[C@@H]2C1. The number of carbonyl (C=O) groups is 1. The second-order valence-electron chi connectivity index (χ2n) is 9.74. The minimum Gasteiger partial charge on any atom is -0.390 e.